The van der Waals surface area contributed by atoms with Gasteiger partial charge in [-0.2, -0.15) is 0 Å². The lowest BCUT2D eigenvalue weighted by atomic mass is 9.94. The van der Waals surface area contributed by atoms with Gasteiger partial charge in [-0.3, -0.25) is 0 Å². The van der Waals surface area contributed by atoms with Gasteiger partial charge in [-0.15, -0.1) is 0 Å². The maximum atomic E-state index is 9.42. The lowest BCUT2D eigenvalue weighted by Crippen LogP contribution is -2.10. The van der Waals surface area contributed by atoms with Crippen molar-refractivity contribution in [3.8, 4) is 22.8 Å². The van der Waals surface area contributed by atoms with Gasteiger partial charge in [0.05, 0.1) is 18.6 Å². The highest BCUT2D eigenvalue weighted by Gasteiger charge is 2.20. The topological polar surface area (TPSA) is 56.5 Å². The first-order chi connectivity index (χ1) is 12.8. The molecule has 26 heavy (non-hydrogen) atoms. The van der Waals surface area contributed by atoms with Gasteiger partial charge >= 0.3 is 0 Å². The van der Waals surface area contributed by atoms with Crippen molar-refractivity contribution >= 4 is 0 Å². The average Bonchev–Trinajstić information content (AvgIpc) is 3.29. The van der Waals surface area contributed by atoms with Gasteiger partial charge in [0.2, 0.25) is 6.79 Å². The summed E-state index contributed by atoms with van der Waals surface area (Å²) in [5.74, 6) is 1.85. The number of aliphatic hydroxyl groups excluding tert-OH is 1. The van der Waals surface area contributed by atoms with E-state index < -0.39 is 0 Å². The third-order valence-corrected chi connectivity index (χ3v) is 4.71. The van der Waals surface area contributed by atoms with E-state index in [1.165, 1.54) is 5.56 Å². The van der Waals surface area contributed by atoms with Gasteiger partial charge in [-0.1, -0.05) is 43.3 Å². The van der Waals surface area contributed by atoms with E-state index in [4.69, 9.17) is 9.47 Å². The van der Waals surface area contributed by atoms with E-state index in [-0.39, 0.29) is 19.3 Å². The van der Waals surface area contributed by atoms with Crippen LogP contribution in [0.3, 0.4) is 0 Å². The van der Waals surface area contributed by atoms with Gasteiger partial charge < -0.3 is 19.1 Å². The molecule has 0 saturated carbocycles. The summed E-state index contributed by atoms with van der Waals surface area (Å²) >= 11 is 0. The molecule has 2 aromatic carbocycles. The van der Waals surface area contributed by atoms with E-state index in [1.54, 1.807) is 0 Å². The fourth-order valence-electron chi connectivity index (χ4n) is 3.53. The molecule has 0 amide bonds. The zero-order chi connectivity index (χ0) is 17.9. The van der Waals surface area contributed by atoms with Crippen molar-refractivity contribution in [2.75, 3.05) is 13.4 Å². The van der Waals surface area contributed by atoms with Crippen LogP contribution in [0, 0.1) is 0 Å². The molecule has 0 spiro atoms. The summed E-state index contributed by atoms with van der Waals surface area (Å²) in [5.41, 5.74) is 4.41. The van der Waals surface area contributed by atoms with E-state index in [1.807, 2.05) is 36.7 Å². The molecule has 0 saturated heterocycles. The number of hydrogen-bond donors (Lipinski definition) is 1. The summed E-state index contributed by atoms with van der Waals surface area (Å²) in [6.45, 7) is 3.12. The summed E-state index contributed by atoms with van der Waals surface area (Å²) in [6.07, 6.45) is 2.68. The van der Waals surface area contributed by atoms with Crippen molar-refractivity contribution in [1.29, 1.82) is 0 Å². The molecular weight excluding hydrogens is 328 g/mol. The van der Waals surface area contributed by atoms with Crippen molar-refractivity contribution in [2.24, 2.45) is 0 Å². The van der Waals surface area contributed by atoms with Gasteiger partial charge in [-0.05, 0) is 24.1 Å². The molecule has 134 valence electrons. The van der Waals surface area contributed by atoms with Crippen LogP contribution in [0.2, 0.25) is 0 Å². The predicted octanol–water partition coefficient (Wildman–Crippen LogP) is 3.62. The lowest BCUT2D eigenvalue weighted by Gasteiger charge is -2.17. The minimum atomic E-state index is 0.0916. The van der Waals surface area contributed by atoms with Crippen LogP contribution in [0.1, 0.15) is 24.1 Å². The van der Waals surface area contributed by atoms with Crippen LogP contribution < -0.4 is 9.47 Å². The zero-order valence-electron chi connectivity index (χ0n) is 14.8. The van der Waals surface area contributed by atoms with E-state index in [0.29, 0.717) is 6.54 Å². The number of benzene rings is 2. The second-order valence-electron chi connectivity index (χ2n) is 6.55. The molecule has 1 aromatic heterocycles. The quantitative estimate of drug-likeness (QED) is 0.738. The Morgan fingerprint density at radius 2 is 1.92 bits per heavy atom. The van der Waals surface area contributed by atoms with E-state index in [2.05, 4.69) is 34.7 Å². The highest BCUT2D eigenvalue weighted by atomic mass is 16.7. The molecule has 1 aliphatic heterocycles. The Balaban J connectivity index is 1.66. The summed E-state index contributed by atoms with van der Waals surface area (Å²) in [5, 5.41) is 9.42. The number of fused-ring (bicyclic) bond motifs is 1. The Kier molecular flexibility index (Phi) is 4.63. The van der Waals surface area contributed by atoms with Crippen LogP contribution in [0.4, 0.5) is 0 Å². The van der Waals surface area contributed by atoms with Crippen LogP contribution in [-0.2, 0) is 13.0 Å². The highest BCUT2D eigenvalue weighted by molar-refractivity contribution is 5.62. The standard InChI is InChI=1S/C21H22N2O3/c1-15(11-16-7-8-18-19(12-16)26-14-25-18)21-20(17-5-3-2-4-6-17)22-13-23(21)9-10-24/h2-8,12-13,15,24H,9-11,14H2,1H3/t15-/m0/s1. The number of aliphatic hydroxyl groups is 1. The molecule has 3 aromatic rings. The van der Waals surface area contributed by atoms with Crippen LogP contribution in [0.15, 0.2) is 54.9 Å². The van der Waals surface area contributed by atoms with Crippen molar-refractivity contribution in [2.45, 2.75) is 25.8 Å². The third kappa shape index (κ3) is 3.18. The molecule has 5 nitrogen and oxygen atoms in total. The first kappa shape index (κ1) is 16.7. The number of nitrogens with zero attached hydrogens (tertiary/aromatic N) is 2. The van der Waals surface area contributed by atoms with Gasteiger partial charge in [0.15, 0.2) is 11.5 Å². The van der Waals surface area contributed by atoms with E-state index in [9.17, 15) is 5.11 Å². The minimum Gasteiger partial charge on any atom is -0.454 e. The Labute approximate surface area is 152 Å². The molecule has 0 aliphatic carbocycles. The molecule has 0 fully saturated rings. The molecule has 0 bridgehead atoms. The largest absolute Gasteiger partial charge is 0.454 e. The summed E-state index contributed by atoms with van der Waals surface area (Å²) in [4.78, 5) is 4.63. The smallest absolute Gasteiger partial charge is 0.231 e. The number of hydrogen-bond acceptors (Lipinski definition) is 4. The predicted molar refractivity (Wildman–Crippen MR) is 99.4 cm³/mol. The minimum absolute atomic E-state index is 0.0916. The SMILES string of the molecule is C[C@@H](Cc1ccc2c(c1)OCO2)c1c(-c2ccccc2)ncn1CCO. The van der Waals surface area contributed by atoms with Gasteiger partial charge in [0.25, 0.3) is 0 Å². The van der Waals surface area contributed by atoms with Crippen molar-refractivity contribution in [3.63, 3.8) is 0 Å². The Bertz CT molecular complexity index is 890. The van der Waals surface area contributed by atoms with Gasteiger partial charge in [0.1, 0.15) is 0 Å². The summed E-state index contributed by atoms with van der Waals surface area (Å²) < 4.78 is 12.9. The molecular formula is C21H22N2O3. The number of ether oxygens (including phenoxy) is 2. The third-order valence-electron chi connectivity index (χ3n) is 4.71. The second-order valence-corrected chi connectivity index (χ2v) is 6.55. The Morgan fingerprint density at radius 3 is 2.73 bits per heavy atom. The fraction of sp³-hybridized carbons (Fsp3) is 0.286. The number of rotatable bonds is 6. The van der Waals surface area contributed by atoms with Crippen LogP contribution in [0.25, 0.3) is 11.3 Å². The number of imidazole rings is 1. The second kappa shape index (κ2) is 7.22. The molecule has 1 atom stereocenters. The normalized spacial score (nSPS) is 13.8. The number of aromatic nitrogens is 2. The van der Waals surface area contributed by atoms with Crippen molar-refractivity contribution in [3.05, 3.63) is 66.1 Å². The Hall–Kier alpha value is -2.79. The Morgan fingerprint density at radius 1 is 1.12 bits per heavy atom. The first-order valence-electron chi connectivity index (χ1n) is 8.86. The molecule has 0 radical (unpaired) electrons. The first-order valence-corrected chi connectivity index (χ1v) is 8.86. The van der Waals surface area contributed by atoms with Gasteiger partial charge in [0, 0.05) is 23.7 Å². The zero-order valence-corrected chi connectivity index (χ0v) is 14.8. The highest BCUT2D eigenvalue weighted by Crippen LogP contribution is 2.35. The van der Waals surface area contributed by atoms with E-state index >= 15 is 0 Å². The molecule has 4 rings (SSSR count). The molecule has 1 aliphatic rings. The maximum absolute atomic E-state index is 9.42. The van der Waals surface area contributed by atoms with Crippen LogP contribution in [-0.4, -0.2) is 28.1 Å². The fourth-order valence-corrected chi connectivity index (χ4v) is 3.53. The summed E-state index contributed by atoms with van der Waals surface area (Å²) in [7, 11) is 0. The molecule has 2 heterocycles. The van der Waals surface area contributed by atoms with Crippen molar-refractivity contribution < 1.29 is 14.6 Å². The van der Waals surface area contributed by atoms with Crippen molar-refractivity contribution in [1.82, 2.24) is 9.55 Å². The van der Waals surface area contributed by atoms with Crippen LogP contribution >= 0.6 is 0 Å². The lowest BCUT2D eigenvalue weighted by molar-refractivity contribution is 0.174. The summed E-state index contributed by atoms with van der Waals surface area (Å²) in [6, 6.07) is 16.3. The monoisotopic (exact) mass is 350 g/mol. The maximum Gasteiger partial charge on any atom is 0.231 e. The van der Waals surface area contributed by atoms with Gasteiger partial charge in [-0.25, -0.2) is 4.98 Å². The van der Waals surface area contributed by atoms with E-state index in [0.717, 1.165) is 34.9 Å². The average molecular weight is 350 g/mol. The molecule has 0 unspecified atom stereocenters. The molecule has 1 N–H and O–H groups in total. The molecule has 5 heteroatoms. The van der Waals surface area contributed by atoms with Crippen LogP contribution in [0.5, 0.6) is 11.5 Å².